The lowest BCUT2D eigenvalue weighted by Gasteiger charge is -2.17. The molecular formula is C13H20N2O3. The number of nitrogens with one attached hydrogen (secondary N) is 1. The lowest BCUT2D eigenvalue weighted by atomic mass is 10.1. The first-order chi connectivity index (χ1) is 8.43. The van der Waals surface area contributed by atoms with E-state index in [4.69, 9.17) is 15.2 Å². The Balaban J connectivity index is 2.53. The van der Waals surface area contributed by atoms with Crippen LogP contribution in [-0.2, 0) is 9.53 Å². The molecule has 0 aromatic heterocycles. The van der Waals surface area contributed by atoms with Gasteiger partial charge in [0.05, 0.1) is 12.1 Å². The predicted molar refractivity (Wildman–Crippen MR) is 70.7 cm³/mol. The third kappa shape index (κ3) is 4.73. The summed E-state index contributed by atoms with van der Waals surface area (Å²) in [6.07, 6.45) is 0. The van der Waals surface area contributed by atoms with Crippen LogP contribution in [0.5, 0.6) is 5.75 Å². The highest BCUT2D eigenvalue weighted by molar-refractivity contribution is 5.97. The second-order valence-electron chi connectivity index (χ2n) is 4.54. The molecule has 0 aliphatic heterocycles. The summed E-state index contributed by atoms with van der Waals surface area (Å²) in [5, 5.41) is 2.73. The third-order valence-electron chi connectivity index (χ3n) is 2.25. The van der Waals surface area contributed by atoms with Gasteiger partial charge in [0.1, 0.15) is 12.4 Å². The van der Waals surface area contributed by atoms with E-state index >= 15 is 0 Å². The largest absolute Gasteiger partial charge is 0.491 e. The van der Waals surface area contributed by atoms with Crippen LogP contribution in [0.4, 0.5) is 5.69 Å². The molecule has 0 bridgehead atoms. The minimum Gasteiger partial charge on any atom is -0.491 e. The summed E-state index contributed by atoms with van der Waals surface area (Å²) in [7, 11) is 1.62. The van der Waals surface area contributed by atoms with E-state index < -0.39 is 5.54 Å². The molecule has 0 radical (unpaired) electrons. The van der Waals surface area contributed by atoms with Crippen LogP contribution < -0.4 is 15.8 Å². The van der Waals surface area contributed by atoms with E-state index in [2.05, 4.69) is 5.32 Å². The molecule has 1 aromatic carbocycles. The molecule has 0 unspecified atom stereocenters. The quantitative estimate of drug-likeness (QED) is 0.750. The Morgan fingerprint density at radius 2 is 1.89 bits per heavy atom. The van der Waals surface area contributed by atoms with Crippen LogP contribution in [0.15, 0.2) is 24.3 Å². The number of nitrogens with two attached hydrogens (primary N) is 1. The molecular weight excluding hydrogens is 232 g/mol. The first kappa shape index (κ1) is 14.5. The monoisotopic (exact) mass is 252 g/mol. The van der Waals surface area contributed by atoms with Crippen molar-refractivity contribution in [2.75, 3.05) is 25.6 Å². The molecule has 100 valence electrons. The van der Waals surface area contributed by atoms with E-state index in [1.807, 2.05) is 0 Å². The van der Waals surface area contributed by atoms with Gasteiger partial charge in [-0.3, -0.25) is 4.79 Å². The molecule has 0 atom stereocenters. The van der Waals surface area contributed by atoms with Gasteiger partial charge in [0.15, 0.2) is 0 Å². The van der Waals surface area contributed by atoms with E-state index in [1.165, 1.54) is 0 Å². The Labute approximate surface area is 107 Å². The van der Waals surface area contributed by atoms with Crippen LogP contribution >= 0.6 is 0 Å². The maximum atomic E-state index is 11.6. The van der Waals surface area contributed by atoms with Crippen molar-refractivity contribution in [3.05, 3.63) is 24.3 Å². The van der Waals surface area contributed by atoms with Crippen LogP contribution in [0, 0.1) is 0 Å². The molecule has 1 aromatic rings. The number of carbonyl (C=O) groups excluding carboxylic acids is 1. The van der Waals surface area contributed by atoms with Gasteiger partial charge >= 0.3 is 0 Å². The smallest absolute Gasteiger partial charge is 0.243 e. The zero-order valence-corrected chi connectivity index (χ0v) is 11.0. The van der Waals surface area contributed by atoms with Crippen molar-refractivity contribution in [1.82, 2.24) is 0 Å². The van der Waals surface area contributed by atoms with Crippen LogP contribution in [0.1, 0.15) is 13.8 Å². The number of hydrogen-bond donors (Lipinski definition) is 2. The number of ether oxygens (including phenoxy) is 2. The van der Waals surface area contributed by atoms with Gasteiger partial charge in [-0.15, -0.1) is 0 Å². The van der Waals surface area contributed by atoms with Crippen LogP contribution in [-0.4, -0.2) is 31.8 Å². The molecule has 0 aliphatic carbocycles. The Morgan fingerprint density at radius 3 is 2.39 bits per heavy atom. The van der Waals surface area contributed by atoms with Gasteiger partial charge < -0.3 is 20.5 Å². The van der Waals surface area contributed by atoms with Gasteiger partial charge in [-0.2, -0.15) is 0 Å². The third-order valence-corrected chi connectivity index (χ3v) is 2.25. The number of amides is 1. The topological polar surface area (TPSA) is 73.6 Å². The molecule has 1 rings (SSSR count). The fourth-order valence-electron chi connectivity index (χ4n) is 1.17. The number of anilines is 1. The van der Waals surface area contributed by atoms with Crippen molar-refractivity contribution >= 4 is 11.6 Å². The Hall–Kier alpha value is -1.59. The van der Waals surface area contributed by atoms with Gasteiger partial charge in [0.25, 0.3) is 0 Å². The molecule has 3 N–H and O–H groups in total. The minimum atomic E-state index is -0.895. The second-order valence-corrected chi connectivity index (χ2v) is 4.54. The molecule has 0 heterocycles. The summed E-state index contributed by atoms with van der Waals surface area (Å²) in [6, 6.07) is 7.11. The summed E-state index contributed by atoms with van der Waals surface area (Å²) >= 11 is 0. The van der Waals surface area contributed by atoms with Gasteiger partial charge in [-0.25, -0.2) is 0 Å². The zero-order valence-electron chi connectivity index (χ0n) is 11.0. The van der Waals surface area contributed by atoms with Gasteiger partial charge in [0, 0.05) is 12.8 Å². The fraction of sp³-hybridized carbons (Fsp3) is 0.462. The van der Waals surface area contributed by atoms with Crippen LogP contribution in [0.25, 0.3) is 0 Å². The summed E-state index contributed by atoms with van der Waals surface area (Å²) in [5.74, 6) is 0.507. The Kier molecular flexibility index (Phi) is 5.12. The highest BCUT2D eigenvalue weighted by atomic mass is 16.5. The van der Waals surface area contributed by atoms with Crippen molar-refractivity contribution in [2.45, 2.75) is 19.4 Å². The molecule has 0 spiro atoms. The molecule has 0 saturated heterocycles. The lowest BCUT2D eigenvalue weighted by Crippen LogP contribution is -2.45. The number of hydrogen-bond acceptors (Lipinski definition) is 4. The van der Waals surface area contributed by atoms with Crippen molar-refractivity contribution < 1.29 is 14.3 Å². The average Bonchev–Trinajstić information content (AvgIpc) is 2.30. The molecule has 18 heavy (non-hydrogen) atoms. The molecule has 0 fully saturated rings. The first-order valence-electron chi connectivity index (χ1n) is 5.75. The number of carbonyl (C=O) groups is 1. The van der Waals surface area contributed by atoms with Crippen LogP contribution in [0.2, 0.25) is 0 Å². The Morgan fingerprint density at radius 1 is 1.28 bits per heavy atom. The SMILES string of the molecule is COCCOc1ccc(NC(=O)C(C)(C)N)cc1. The zero-order chi connectivity index (χ0) is 13.6. The molecule has 0 aliphatic rings. The highest BCUT2D eigenvalue weighted by Gasteiger charge is 2.21. The van der Waals surface area contributed by atoms with Gasteiger partial charge in [-0.1, -0.05) is 0 Å². The Bertz CT molecular complexity index is 382. The molecule has 1 amide bonds. The predicted octanol–water partition coefficient (Wildman–Crippen LogP) is 1.39. The number of benzene rings is 1. The molecule has 5 nitrogen and oxygen atoms in total. The molecule has 0 saturated carbocycles. The average molecular weight is 252 g/mol. The second kappa shape index (κ2) is 6.37. The number of rotatable bonds is 6. The summed E-state index contributed by atoms with van der Waals surface area (Å²) in [4.78, 5) is 11.6. The van der Waals surface area contributed by atoms with Gasteiger partial charge in [-0.05, 0) is 38.1 Å². The summed E-state index contributed by atoms with van der Waals surface area (Å²) in [5.41, 5.74) is 5.48. The van der Waals surface area contributed by atoms with E-state index in [9.17, 15) is 4.79 Å². The van der Waals surface area contributed by atoms with E-state index in [1.54, 1.807) is 45.2 Å². The van der Waals surface area contributed by atoms with Crippen molar-refractivity contribution in [3.8, 4) is 5.75 Å². The highest BCUT2D eigenvalue weighted by Crippen LogP contribution is 2.16. The minimum absolute atomic E-state index is 0.226. The van der Waals surface area contributed by atoms with Crippen LogP contribution in [0.3, 0.4) is 0 Å². The fourth-order valence-corrected chi connectivity index (χ4v) is 1.17. The molecule has 5 heteroatoms. The first-order valence-corrected chi connectivity index (χ1v) is 5.75. The number of methoxy groups -OCH3 is 1. The van der Waals surface area contributed by atoms with Crippen molar-refractivity contribution in [1.29, 1.82) is 0 Å². The van der Waals surface area contributed by atoms with Crippen molar-refractivity contribution in [3.63, 3.8) is 0 Å². The normalized spacial score (nSPS) is 11.1. The summed E-state index contributed by atoms with van der Waals surface area (Å²) < 4.78 is 10.3. The maximum Gasteiger partial charge on any atom is 0.243 e. The lowest BCUT2D eigenvalue weighted by molar-refractivity contribution is -0.120. The summed E-state index contributed by atoms with van der Waals surface area (Å²) in [6.45, 7) is 4.35. The maximum absolute atomic E-state index is 11.6. The van der Waals surface area contributed by atoms with Gasteiger partial charge in [0.2, 0.25) is 5.91 Å². The van der Waals surface area contributed by atoms with E-state index in [0.29, 0.717) is 18.9 Å². The van der Waals surface area contributed by atoms with Crippen molar-refractivity contribution in [2.24, 2.45) is 5.73 Å². The van der Waals surface area contributed by atoms with E-state index in [0.717, 1.165) is 5.75 Å². The standard InChI is InChI=1S/C13H20N2O3/c1-13(2,14)12(16)15-10-4-6-11(7-5-10)18-9-8-17-3/h4-7H,8-9,14H2,1-3H3,(H,15,16). The van der Waals surface area contributed by atoms with E-state index in [-0.39, 0.29) is 5.91 Å².